The lowest BCUT2D eigenvalue weighted by atomic mass is 10.2. The number of nitrogens with two attached hydrogens (primary N) is 1. The third kappa shape index (κ3) is 2.07. The van der Waals surface area contributed by atoms with Crippen molar-refractivity contribution in [2.75, 3.05) is 5.73 Å². The number of anilines is 1. The Bertz CT molecular complexity index is 670. The maximum absolute atomic E-state index is 5.97. The third-order valence-electron chi connectivity index (χ3n) is 2.74. The predicted octanol–water partition coefficient (Wildman–Crippen LogP) is 3.60. The highest BCUT2D eigenvalue weighted by molar-refractivity contribution is 7.99. The van der Waals surface area contributed by atoms with Gasteiger partial charge >= 0.3 is 0 Å². The number of nitrogen functional groups attached to an aromatic ring is 1. The third-order valence-corrected chi connectivity index (χ3v) is 3.70. The number of imidazole rings is 1. The molecule has 0 radical (unpaired) electrons. The van der Waals surface area contributed by atoms with E-state index in [-0.39, 0.29) is 0 Å². The zero-order chi connectivity index (χ0) is 12.5. The molecule has 0 saturated carbocycles. The molecule has 0 spiro atoms. The Kier molecular flexibility index (Phi) is 2.72. The second kappa shape index (κ2) is 4.38. The molecule has 0 saturated heterocycles. The highest BCUT2D eigenvalue weighted by atomic mass is 32.2. The van der Waals surface area contributed by atoms with Gasteiger partial charge in [-0.25, -0.2) is 4.98 Å². The summed E-state index contributed by atoms with van der Waals surface area (Å²) in [4.78, 5) is 8.85. The molecule has 1 heterocycles. The molecule has 0 aliphatic rings. The van der Waals surface area contributed by atoms with Crippen molar-refractivity contribution in [3.8, 4) is 0 Å². The number of hydrogen-bond acceptors (Lipinski definition) is 3. The molecular formula is C14H13N3S. The highest BCUT2D eigenvalue weighted by Gasteiger charge is 2.06. The van der Waals surface area contributed by atoms with Gasteiger partial charge in [0.15, 0.2) is 5.16 Å². The molecule has 0 fully saturated rings. The molecule has 3 nitrogen and oxygen atoms in total. The number of nitrogens with zero attached hydrogens (tertiary/aromatic N) is 1. The smallest absolute Gasteiger partial charge is 0.171 e. The molecule has 4 heteroatoms. The van der Waals surface area contributed by atoms with Gasteiger partial charge in [-0.15, -0.1) is 0 Å². The molecule has 3 N–H and O–H groups in total. The summed E-state index contributed by atoms with van der Waals surface area (Å²) in [5.41, 5.74) is 9.97. The standard InChI is InChI=1S/C14H13N3S/c1-9-6-7-10(15)13(8-9)18-14-16-11-4-2-3-5-12(11)17-14/h2-8H,15H2,1H3,(H,16,17). The maximum Gasteiger partial charge on any atom is 0.171 e. The van der Waals surface area contributed by atoms with E-state index >= 15 is 0 Å². The number of hydrogen-bond donors (Lipinski definition) is 2. The molecule has 90 valence electrons. The van der Waals surface area contributed by atoms with Crippen molar-refractivity contribution < 1.29 is 0 Å². The Balaban J connectivity index is 1.98. The lowest BCUT2D eigenvalue weighted by Gasteiger charge is -2.03. The van der Waals surface area contributed by atoms with Crippen LogP contribution in [0.3, 0.4) is 0 Å². The number of H-pyrrole nitrogens is 1. The van der Waals surface area contributed by atoms with Gasteiger partial charge in [0.1, 0.15) is 0 Å². The fraction of sp³-hybridized carbons (Fsp3) is 0.0714. The highest BCUT2D eigenvalue weighted by Crippen LogP contribution is 2.31. The van der Waals surface area contributed by atoms with E-state index in [1.54, 1.807) is 11.8 Å². The average Bonchev–Trinajstić information content (AvgIpc) is 2.76. The summed E-state index contributed by atoms with van der Waals surface area (Å²) >= 11 is 1.56. The Labute approximate surface area is 109 Å². The summed E-state index contributed by atoms with van der Waals surface area (Å²) < 4.78 is 0. The minimum absolute atomic E-state index is 0.783. The Hall–Kier alpha value is -1.94. The summed E-state index contributed by atoms with van der Waals surface area (Å²) in [6.07, 6.45) is 0. The first-order valence-corrected chi connectivity index (χ1v) is 6.53. The van der Waals surface area contributed by atoms with Crippen LogP contribution in [-0.4, -0.2) is 9.97 Å². The normalized spacial score (nSPS) is 10.9. The van der Waals surface area contributed by atoms with Crippen molar-refractivity contribution in [3.05, 3.63) is 48.0 Å². The molecule has 0 aliphatic carbocycles. The van der Waals surface area contributed by atoms with Crippen LogP contribution < -0.4 is 5.73 Å². The van der Waals surface area contributed by atoms with Crippen molar-refractivity contribution in [2.24, 2.45) is 0 Å². The van der Waals surface area contributed by atoms with E-state index < -0.39 is 0 Å². The van der Waals surface area contributed by atoms with Crippen LogP contribution in [0, 0.1) is 6.92 Å². The van der Waals surface area contributed by atoms with Gasteiger partial charge in [-0.05, 0) is 48.5 Å². The van der Waals surface area contributed by atoms with Gasteiger partial charge in [0.25, 0.3) is 0 Å². The second-order valence-electron chi connectivity index (χ2n) is 4.20. The van der Waals surface area contributed by atoms with E-state index in [1.165, 1.54) is 5.56 Å². The first-order chi connectivity index (χ1) is 8.72. The van der Waals surface area contributed by atoms with Crippen LogP contribution in [0.4, 0.5) is 5.69 Å². The van der Waals surface area contributed by atoms with Gasteiger partial charge in [0.05, 0.1) is 11.0 Å². The molecule has 3 aromatic rings. The van der Waals surface area contributed by atoms with Crippen molar-refractivity contribution in [1.29, 1.82) is 0 Å². The summed E-state index contributed by atoms with van der Waals surface area (Å²) in [6, 6.07) is 14.0. The minimum atomic E-state index is 0.783. The number of aromatic nitrogens is 2. The zero-order valence-corrected chi connectivity index (χ0v) is 10.8. The molecular weight excluding hydrogens is 242 g/mol. The average molecular weight is 255 g/mol. The molecule has 0 amide bonds. The van der Waals surface area contributed by atoms with E-state index in [4.69, 9.17) is 5.73 Å². The van der Waals surface area contributed by atoms with E-state index in [1.807, 2.05) is 36.4 Å². The molecule has 0 unspecified atom stereocenters. The molecule has 3 rings (SSSR count). The molecule has 1 aromatic heterocycles. The van der Waals surface area contributed by atoms with E-state index in [0.717, 1.165) is 26.8 Å². The topological polar surface area (TPSA) is 54.7 Å². The van der Waals surface area contributed by atoms with Gasteiger partial charge < -0.3 is 10.7 Å². The number of fused-ring (bicyclic) bond motifs is 1. The molecule has 0 aliphatic heterocycles. The van der Waals surface area contributed by atoms with Crippen LogP contribution in [0.1, 0.15) is 5.56 Å². The fourth-order valence-electron chi connectivity index (χ4n) is 1.81. The number of nitrogens with one attached hydrogen (secondary N) is 1. The van der Waals surface area contributed by atoms with Crippen LogP contribution in [0.5, 0.6) is 0 Å². The lowest BCUT2D eigenvalue weighted by molar-refractivity contribution is 1.08. The molecule has 0 atom stereocenters. The number of para-hydroxylation sites is 2. The monoisotopic (exact) mass is 255 g/mol. The number of benzene rings is 2. The number of aromatic amines is 1. The van der Waals surface area contributed by atoms with Crippen molar-refractivity contribution in [3.63, 3.8) is 0 Å². The maximum atomic E-state index is 5.97. The van der Waals surface area contributed by atoms with Gasteiger partial charge in [0, 0.05) is 10.6 Å². The van der Waals surface area contributed by atoms with Crippen molar-refractivity contribution >= 4 is 28.5 Å². The van der Waals surface area contributed by atoms with Gasteiger partial charge in [-0.2, -0.15) is 0 Å². The Morgan fingerprint density at radius 3 is 2.83 bits per heavy atom. The van der Waals surface area contributed by atoms with Crippen LogP contribution in [-0.2, 0) is 0 Å². The first kappa shape index (κ1) is 11.2. The van der Waals surface area contributed by atoms with E-state index in [2.05, 4.69) is 23.0 Å². The fourth-order valence-corrected chi connectivity index (χ4v) is 2.76. The molecule has 0 bridgehead atoms. The van der Waals surface area contributed by atoms with Gasteiger partial charge in [-0.3, -0.25) is 0 Å². The first-order valence-electron chi connectivity index (χ1n) is 5.71. The number of rotatable bonds is 2. The summed E-state index contributed by atoms with van der Waals surface area (Å²) in [6.45, 7) is 2.06. The largest absolute Gasteiger partial charge is 0.398 e. The quantitative estimate of drug-likeness (QED) is 0.688. The predicted molar refractivity (Wildman–Crippen MR) is 75.8 cm³/mol. The summed E-state index contributed by atoms with van der Waals surface area (Å²) in [5.74, 6) is 0. The lowest BCUT2D eigenvalue weighted by Crippen LogP contribution is -1.89. The van der Waals surface area contributed by atoms with Gasteiger partial charge in [0.2, 0.25) is 0 Å². The Morgan fingerprint density at radius 2 is 2.00 bits per heavy atom. The van der Waals surface area contributed by atoms with Crippen LogP contribution in [0.25, 0.3) is 11.0 Å². The van der Waals surface area contributed by atoms with Crippen LogP contribution in [0.15, 0.2) is 52.5 Å². The molecule has 2 aromatic carbocycles. The molecule has 18 heavy (non-hydrogen) atoms. The second-order valence-corrected chi connectivity index (χ2v) is 5.23. The SMILES string of the molecule is Cc1ccc(N)c(Sc2nc3ccccc3[nH]2)c1. The van der Waals surface area contributed by atoms with Gasteiger partial charge in [-0.1, -0.05) is 18.2 Å². The summed E-state index contributed by atoms with van der Waals surface area (Å²) in [7, 11) is 0. The Morgan fingerprint density at radius 1 is 1.17 bits per heavy atom. The van der Waals surface area contributed by atoms with Crippen molar-refractivity contribution in [1.82, 2.24) is 9.97 Å². The van der Waals surface area contributed by atoms with Crippen molar-refractivity contribution in [2.45, 2.75) is 17.0 Å². The summed E-state index contributed by atoms with van der Waals surface area (Å²) in [5, 5.41) is 0.869. The van der Waals surface area contributed by atoms with E-state index in [9.17, 15) is 0 Å². The number of aryl methyl sites for hydroxylation is 1. The van der Waals surface area contributed by atoms with Crippen LogP contribution in [0.2, 0.25) is 0 Å². The van der Waals surface area contributed by atoms with Crippen LogP contribution >= 0.6 is 11.8 Å². The zero-order valence-electron chi connectivity index (χ0n) is 9.97. The minimum Gasteiger partial charge on any atom is -0.398 e. The van der Waals surface area contributed by atoms with E-state index in [0.29, 0.717) is 0 Å².